The van der Waals surface area contributed by atoms with Gasteiger partial charge < -0.3 is 10.1 Å². The van der Waals surface area contributed by atoms with E-state index in [1.165, 1.54) is 5.69 Å². The first kappa shape index (κ1) is 16.2. The van der Waals surface area contributed by atoms with Gasteiger partial charge in [-0.05, 0) is 40.3 Å². The lowest BCUT2D eigenvalue weighted by molar-refractivity contribution is 0.0296. The van der Waals surface area contributed by atoms with Crippen LogP contribution in [0.4, 0.5) is 0 Å². The molecule has 0 saturated heterocycles. The van der Waals surface area contributed by atoms with Crippen LogP contribution in [0.2, 0.25) is 0 Å². The molecule has 2 unspecified atom stereocenters. The van der Waals surface area contributed by atoms with Gasteiger partial charge in [-0.2, -0.15) is 5.10 Å². The van der Waals surface area contributed by atoms with Gasteiger partial charge in [0.25, 0.3) is 0 Å². The highest BCUT2D eigenvalue weighted by molar-refractivity contribution is 5.11. The van der Waals surface area contributed by atoms with Crippen molar-refractivity contribution in [2.45, 2.75) is 65.6 Å². The third-order valence-electron chi connectivity index (χ3n) is 3.49. The molecule has 4 nitrogen and oxygen atoms in total. The maximum atomic E-state index is 5.90. The number of ether oxygens (including phenoxy) is 1. The van der Waals surface area contributed by atoms with Crippen molar-refractivity contribution in [2.75, 3.05) is 13.7 Å². The summed E-state index contributed by atoms with van der Waals surface area (Å²) in [5.41, 5.74) is 2.38. The number of likely N-dealkylation sites (N-methyl/N-ethyl adjacent to an activating group) is 1. The van der Waals surface area contributed by atoms with Crippen LogP contribution in [0.15, 0.2) is 6.07 Å². The van der Waals surface area contributed by atoms with Crippen molar-refractivity contribution >= 4 is 0 Å². The number of nitrogens with one attached hydrogen (secondary N) is 1. The Morgan fingerprint density at radius 2 is 2.11 bits per heavy atom. The topological polar surface area (TPSA) is 39.1 Å². The number of nitrogens with zero attached hydrogens (tertiary/aromatic N) is 2. The molecule has 1 N–H and O–H groups in total. The summed E-state index contributed by atoms with van der Waals surface area (Å²) in [6, 6.07) is 2.53. The Labute approximate surface area is 117 Å². The molecule has 1 aromatic rings. The molecule has 0 spiro atoms. The van der Waals surface area contributed by atoms with Gasteiger partial charge in [0.15, 0.2) is 0 Å². The zero-order valence-electron chi connectivity index (χ0n) is 13.1. The van der Waals surface area contributed by atoms with E-state index in [-0.39, 0.29) is 6.10 Å². The van der Waals surface area contributed by atoms with Crippen LogP contribution in [-0.2, 0) is 17.7 Å². The first-order valence-electron chi connectivity index (χ1n) is 7.48. The van der Waals surface area contributed by atoms with E-state index in [9.17, 15) is 0 Å². The molecule has 0 amide bonds. The number of aromatic nitrogens is 2. The summed E-state index contributed by atoms with van der Waals surface area (Å²) in [6.45, 7) is 10.2. The van der Waals surface area contributed by atoms with Gasteiger partial charge in [-0.25, -0.2) is 0 Å². The van der Waals surface area contributed by atoms with Gasteiger partial charge in [-0.15, -0.1) is 0 Å². The van der Waals surface area contributed by atoms with Gasteiger partial charge in [0.05, 0.1) is 11.8 Å². The molecule has 0 aliphatic heterocycles. The third-order valence-corrected chi connectivity index (χ3v) is 3.49. The molecular weight excluding hydrogens is 238 g/mol. The fourth-order valence-electron chi connectivity index (χ4n) is 2.58. The summed E-state index contributed by atoms with van der Waals surface area (Å²) in [6.07, 6.45) is 3.49. The number of hydrogen-bond acceptors (Lipinski definition) is 3. The Morgan fingerprint density at radius 3 is 2.63 bits per heavy atom. The highest BCUT2D eigenvalue weighted by atomic mass is 16.5. The maximum Gasteiger partial charge on any atom is 0.0731 e. The van der Waals surface area contributed by atoms with Gasteiger partial charge in [-0.1, -0.05) is 13.3 Å². The summed E-state index contributed by atoms with van der Waals surface area (Å²) in [5.74, 6) is 0. The molecule has 1 rings (SSSR count). The second-order valence-electron chi connectivity index (χ2n) is 4.97. The predicted octanol–water partition coefficient (Wildman–Crippen LogP) is 2.55. The minimum atomic E-state index is 0.278. The minimum Gasteiger partial charge on any atom is -0.377 e. The molecule has 1 heterocycles. The Kier molecular flexibility index (Phi) is 7.10. The molecule has 0 aliphatic carbocycles. The smallest absolute Gasteiger partial charge is 0.0731 e. The highest BCUT2D eigenvalue weighted by Gasteiger charge is 2.21. The first-order chi connectivity index (χ1) is 9.15. The summed E-state index contributed by atoms with van der Waals surface area (Å²) in [4.78, 5) is 0. The van der Waals surface area contributed by atoms with E-state index in [1.807, 2.05) is 7.05 Å². The standard InChI is InChI=1S/C15H29N3O/c1-6-9-15(19-8-3)14(16-5)11-13-10-12(4)17-18(13)7-2/h10,14-16H,6-9,11H2,1-5H3. The van der Waals surface area contributed by atoms with Crippen molar-refractivity contribution in [1.29, 1.82) is 0 Å². The van der Waals surface area contributed by atoms with Gasteiger partial charge >= 0.3 is 0 Å². The van der Waals surface area contributed by atoms with Crippen LogP contribution in [0.1, 0.15) is 45.0 Å². The molecule has 0 fully saturated rings. The molecule has 1 aromatic heterocycles. The molecule has 2 atom stereocenters. The van der Waals surface area contributed by atoms with Gasteiger partial charge in [0.2, 0.25) is 0 Å². The van der Waals surface area contributed by atoms with E-state index in [0.717, 1.165) is 38.1 Å². The van der Waals surface area contributed by atoms with E-state index >= 15 is 0 Å². The lowest BCUT2D eigenvalue weighted by Gasteiger charge is -2.26. The van der Waals surface area contributed by atoms with Gasteiger partial charge in [0.1, 0.15) is 0 Å². The molecule has 0 radical (unpaired) electrons. The monoisotopic (exact) mass is 267 g/mol. The quantitative estimate of drug-likeness (QED) is 0.747. The number of aryl methyl sites for hydroxylation is 2. The van der Waals surface area contributed by atoms with Gasteiger partial charge in [0, 0.05) is 31.3 Å². The van der Waals surface area contributed by atoms with Crippen molar-refractivity contribution in [2.24, 2.45) is 0 Å². The van der Waals surface area contributed by atoms with Crippen molar-refractivity contribution in [1.82, 2.24) is 15.1 Å². The van der Waals surface area contributed by atoms with E-state index in [2.05, 4.69) is 48.9 Å². The third kappa shape index (κ3) is 4.62. The van der Waals surface area contributed by atoms with Crippen molar-refractivity contribution in [3.63, 3.8) is 0 Å². The Hall–Kier alpha value is -0.870. The van der Waals surface area contributed by atoms with Crippen LogP contribution in [0.3, 0.4) is 0 Å². The Bertz CT molecular complexity index is 356. The SMILES string of the molecule is CCCC(OCC)C(Cc1cc(C)nn1CC)NC. The first-order valence-corrected chi connectivity index (χ1v) is 7.48. The highest BCUT2D eigenvalue weighted by Crippen LogP contribution is 2.14. The number of hydrogen-bond donors (Lipinski definition) is 1. The molecule has 4 heteroatoms. The predicted molar refractivity (Wildman–Crippen MR) is 79.5 cm³/mol. The number of rotatable bonds is 9. The normalized spacial score (nSPS) is 14.6. The zero-order valence-corrected chi connectivity index (χ0v) is 13.1. The van der Waals surface area contributed by atoms with E-state index in [4.69, 9.17) is 4.74 Å². The van der Waals surface area contributed by atoms with Crippen molar-refractivity contribution < 1.29 is 4.74 Å². The van der Waals surface area contributed by atoms with Gasteiger partial charge in [-0.3, -0.25) is 4.68 Å². The lowest BCUT2D eigenvalue weighted by atomic mass is 10.0. The minimum absolute atomic E-state index is 0.278. The Balaban J connectivity index is 2.78. The van der Waals surface area contributed by atoms with Crippen LogP contribution in [0.5, 0.6) is 0 Å². The van der Waals surface area contributed by atoms with Crippen LogP contribution >= 0.6 is 0 Å². The average Bonchev–Trinajstić information content (AvgIpc) is 2.76. The van der Waals surface area contributed by atoms with E-state index < -0.39 is 0 Å². The van der Waals surface area contributed by atoms with Crippen molar-refractivity contribution in [3.8, 4) is 0 Å². The summed E-state index contributed by atoms with van der Waals surface area (Å²) in [5, 5.41) is 7.93. The fraction of sp³-hybridized carbons (Fsp3) is 0.800. The molecular formula is C15H29N3O. The molecule has 0 bridgehead atoms. The second kappa shape index (κ2) is 8.33. The fourth-order valence-corrected chi connectivity index (χ4v) is 2.58. The van der Waals surface area contributed by atoms with E-state index in [0.29, 0.717) is 6.04 Å². The summed E-state index contributed by atoms with van der Waals surface area (Å²) in [7, 11) is 2.02. The van der Waals surface area contributed by atoms with Crippen LogP contribution in [-0.4, -0.2) is 35.6 Å². The van der Waals surface area contributed by atoms with Crippen LogP contribution in [0.25, 0.3) is 0 Å². The molecule has 0 saturated carbocycles. The van der Waals surface area contributed by atoms with Crippen LogP contribution < -0.4 is 5.32 Å². The van der Waals surface area contributed by atoms with E-state index in [1.54, 1.807) is 0 Å². The lowest BCUT2D eigenvalue weighted by Crippen LogP contribution is -2.41. The summed E-state index contributed by atoms with van der Waals surface area (Å²) < 4.78 is 7.99. The summed E-state index contributed by atoms with van der Waals surface area (Å²) >= 11 is 0. The largest absolute Gasteiger partial charge is 0.377 e. The van der Waals surface area contributed by atoms with Crippen LogP contribution in [0, 0.1) is 6.92 Å². The Morgan fingerprint density at radius 1 is 1.37 bits per heavy atom. The maximum absolute atomic E-state index is 5.90. The van der Waals surface area contributed by atoms with Crippen molar-refractivity contribution in [3.05, 3.63) is 17.5 Å². The molecule has 0 aromatic carbocycles. The molecule has 110 valence electrons. The second-order valence-corrected chi connectivity index (χ2v) is 4.97. The molecule has 19 heavy (non-hydrogen) atoms. The molecule has 0 aliphatic rings. The average molecular weight is 267 g/mol. The zero-order chi connectivity index (χ0) is 14.3.